The van der Waals surface area contributed by atoms with E-state index >= 15 is 0 Å². The maximum Gasteiger partial charge on any atom is 0.303 e. The molecule has 0 radical (unpaired) electrons. The molecule has 69 heavy (non-hydrogen) atoms. The van der Waals surface area contributed by atoms with Crippen LogP contribution in [0.5, 0.6) is 0 Å². The third kappa shape index (κ3) is 14.1. The highest BCUT2D eigenvalue weighted by molar-refractivity contribution is 5.99. The van der Waals surface area contributed by atoms with E-state index in [0.29, 0.717) is 0 Å². The molecule has 368 valence electrons. The second-order valence-electron chi connectivity index (χ2n) is 18.1. The Morgan fingerprint density at radius 1 is 0.522 bits per heavy atom. The Morgan fingerprint density at radius 2 is 0.957 bits per heavy atom. The summed E-state index contributed by atoms with van der Waals surface area (Å²) in [5.74, 6) is -3.51. The fraction of sp³-hybridized carbons (Fsp3) is 0.453. The van der Waals surface area contributed by atoms with Gasteiger partial charge >= 0.3 is 17.9 Å². The van der Waals surface area contributed by atoms with Crippen molar-refractivity contribution in [2.24, 2.45) is 5.41 Å². The lowest BCUT2D eigenvalue weighted by Gasteiger charge is -2.52. The molecule has 0 aliphatic carbocycles. The number of nitrogens with zero attached hydrogens (tertiary/aromatic N) is 1. The van der Waals surface area contributed by atoms with Gasteiger partial charge in [-0.25, -0.2) is 0 Å². The summed E-state index contributed by atoms with van der Waals surface area (Å²) in [6, 6.07) is 36.6. The van der Waals surface area contributed by atoms with Gasteiger partial charge in [0.05, 0.1) is 33.0 Å². The summed E-state index contributed by atoms with van der Waals surface area (Å²) >= 11 is 0. The van der Waals surface area contributed by atoms with Gasteiger partial charge < -0.3 is 47.4 Å². The summed E-state index contributed by atoms with van der Waals surface area (Å²) < 4.78 is 64.6. The summed E-state index contributed by atoms with van der Waals surface area (Å²) in [5, 5.41) is 0. The minimum absolute atomic E-state index is 0.0619. The van der Waals surface area contributed by atoms with Crippen LogP contribution < -0.4 is 0 Å². The van der Waals surface area contributed by atoms with Crippen molar-refractivity contribution in [1.29, 1.82) is 0 Å². The number of esters is 3. The molecule has 0 N–H and O–H groups in total. The smallest absolute Gasteiger partial charge is 0.303 e. The number of hydrogen-bond donors (Lipinski definition) is 0. The summed E-state index contributed by atoms with van der Waals surface area (Å²) in [6.07, 6.45) is -11.6. The van der Waals surface area contributed by atoms with Gasteiger partial charge in [-0.1, -0.05) is 135 Å². The average molecular weight is 952 g/mol. The highest BCUT2D eigenvalue weighted by Crippen LogP contribution is 2.40. The molecule has 7 rings (SSSR count). The van der Waals surface area contributed by atoms with Gasteiger partial charge in [0.2, 0.25) is 11.8 Å². The van der Waals surface area contributed by atoms with Crippen molar-refractivity contribution < 1.29 is 71.3 Å². The predicted octanol–water partition coefficient (Wildman–Crippen LogP) is 6.40. The zero-order valence-electron chi connectivity index (χ0n) is 39.5. The first-order valence-electron chi connectivity index (χ1n) is 23.1. The largest absolute Gasteiger partial charge is 0.463 e. The van der Waals surface area contributed by atoms with E-state index in [1.165, 1.54) is 6.92 Å². The maximum absolute atomic E-state index is 14.4. The van der Waals surface area contributed by atoms with Crippen LogP contribution in [0.1, 0.15) is 69.7 Å². The molecular weight excluding hydrogens is 891 g/mol. The van der Waals surface area contributed by atoms with Gasteiger partial charge in [0.15, 0.2) is 24.8 Å². The number of imide groups is 1. The van der Waals surface area contributed by atoms with E-state index in [0.717, 1.165) is 41.0 Å². The quantitative estimate of drug-likeness (QED) is 0.0539. The Bertz CT molecular complexity index is 2280. The lowest BCUT2D eigenvalue weighted by molar-refractivity contribution is -0.364. The number of benzene rings is 4. The van der Waals surface area contributed by atoms with Crippen LogP contribution in [0.4, 0.5) is 0 Å². The van der Waals surface area contributed by atoms with Gasteiger partial charge in [-0.3, -0.25) is 28.9 Å². The number of likely N-dealkylation sites (tertiary alicyclic amines) is 1. The Labute approximate surface area is 402 Å². The topological polar surface area (TPSA) is 181 Å². The molecule has 3 saturated heterocycles. The molecule has 0 saturated carbocycles. The Hall–Kier alpha value is -5.85. The van der Waals surface area contributed by atoms with Crippen LogP contribution in [0, 0.1) is 5.41 Å². The summed E-state index contributed by atoms with van der Waals surface area (Å²) in [7, 11) is 0. The van der Waals surface area contributed by atoms with Gasteiger partial charge in [0.25, 0.3) is 0 Å². The van der Waals surface area contributed by atoms with E-state index in [-0.39, 0.29) is 45.9 Å². The maximum atomic E-state index is 14.4. The minimum atomic E-state index is -1.67. The molecule has 2 amide bonds. The van der Waals surface area contributed by atoms with Crippen molar-refractivity contribution in [3.8, 4) is 0 Å². The van der Waals surface area contributed by atoms with E-state index in [1.807, 2.05) is 121 Å². The highest BCUT2D eigenvalue weighted by atomic mass is 16.8. The van der Waals surface area contributed by atoms with Crippen LogP contribution in [0.3, 0.4) is 0 Å². The molecule has 0 spiro atoms. The highest BCUT2D eigenvalue weighted by Gasteiger charge is 2.59. The Balaban J connectivity index is 1.35. The van der Waals surface area contributed by atoms with Crippen molar-refractivity contribution in [1.82, 2.24) is 4.90 Å². The number of amides is 2. The van der Waals surface area contributed by atoms with Crippen LogP contribution in [-0.2, 0) is 97.8 Å². The Morgan fingerprint density at radius 3 is 1.45 bits per heavy atom. The van der Waals surface area contributed by atoms with E-state index in [4.69, 9.17) is 47.4 Å². The summed E-state index contributed by atoms with van der Waals surface area (Å²) in [4.78, 5) is 67.9. The number of carbonyl (C=O) groups is 5. The van der Waals surface area contributed by atoms with Crippen molar-refractivity contribution in [2.75, 3.05) is 13.2 Å². The third-order valence-electron chi connectivity index (χ3n) is 11.9. The second-order valence-corrected chi connectivity index (χ2v) is 18.1. The molecule has 0 aromatic heterocycles. The first-order chi connectivity index (χ1) is 33.2. The number of rotatable bonds is 20. The SMILES string of the molecule is CC(=O)OC[C@H]1O[C@@H](O[C@H]2[C@H](OCc3ccccc3)[C@@H](OCc3ccccc3)[C@H](OCc3ccccc3)O[C@@H]2COCc2ccccc2)[C@H](N2C(=O)CC(C)(C)CC2=O)[C@@H](OC(C)=O)[C@@H]1OC(C)=O. The molecule has 10 atom stereocenters. The molecule has 16 nitrogen and oxygen atoms in total. The van der Waals surface area contributed by atoms with Crippen LogP contribution in [-0.4, -0.2) is 109 Å². The van der Waals surface area contributed by atoms with E-state index in [1.54, 1.807) is 13.8 Å². The first kappa shape index (κ1) is 51.0. The number of hydrogen-bond acceptors (Lipinski definition) is 15. The monoisotopic (exact) mass is 951 g/mol. The number of ether oxygens (including phenoxy) is 10. The fourth-order valence-corrected chi connectivity index (χ4v) is 8.78. The molecule has 3 fully saturated rings. The normalized spacial score (nSPS) is 26.8. The minimum Gasteiger partial charge on any atom is -0.463 e. The van der Waals surface area contributed by atoms with E-state index in [9.17, 15) is 24.0 Å². The first-order valence-corrected chi connectivity index (χ1v) is 23.1. The Kier molecular flexibility index (Phi) is 17.8. The van der Waals surface area contributed by atoms with Gasteiger partial charge in [-0.05, 0) is 27.7 Å². The van der Waals surface area contributed by atoms with Crippen LogP contribution >= 0.6 is 0 Å². The molecular formula is C53H61NO15. The van der Waals surface area contributed by atoms with Gasteiger partial charge in [0.1, 0.15) is 43.2 Å². The van der Waals surface area contributed by atoms with Crippen LogP contribution in [0.2, 0.25) is 0 Å². The molecule has 4 aromatic carbocycles. The fourth-order valence-electron chi connectivity index (χ4n) is 8.78. The standard InChI is InChI=1S/C53H61NO15/c1-34(55)61-33-42-46(65-35(2)56)48(66-36(3)57)45(54-43(58)26-53(4,5)27-44(54)59)51(67-42)69-47-41(32-60-28-37-18-10-6-11-19-37)68-52(64-31-40-24-16-9-17-25-40)50(63-30-39-22-14-8-15-23-39)49(47)62-29-38-20-12-7-13-21-38/h6-25,41-42,45-52H,26-33H2,1-5H3/t41-,42-,45-,46-,47-,48-,49+,50-,51+,52-/m1/s1. The third-order valence-corrected chi connectivity index (χ3v) is 11.9. The lowest BCUT2D eigenvalue weighted by atomic mass is 9.80. The summed E-state index contributed by atoms with van der Waals surface area (Å²) in [6.45, 7) is 6.96. The zero-order chi connectivity index (χ0) is 48.9. The molecule has 3 aliphatic heterocycles. The molecule has 0 bridgehead atoms. The lowest BCUT2D eigenvalue weighted by Crippen LogP contribution is -2.71. The molecule has 3 heterocycles. The zero-order valence-corrected chi connectivity index (χ0v) is 39.5. The summed E-state index contributed by atoms with van der Waals surface area (Å²) in [5.41, 5.74) is 2.71. The van der Waals surface area contributed by atoms with Crippen molar-refractivity contribution in [3.63, 3.8) is 0 Å². The molecule has 0 unspecified atom stereocenters. The van der Waals surface area contributed by atoms with Crippen molar-refractivity contribution in [3.05, 3.63) is 144 Å². The molecule has 16 heteroatoms. The molecule has 3 aliphatic rings. The van der Waals surface area contributed by atoms with E-state index in [2.05, 4.69) is 0 Å². The predicted molar refractivity (Wildman–Crippen MR) is 246 cm³/mol. The van der Waals surface area contributed by atoms with E-state index < -0.39 is 103 Å². The number of carbonyl (C=O) groups excluding carboxylic acids is 5. The number of piperidine rings is 1. The van der Waals surface area contributed by atoms with Crippen LogP contribution in [0.25, 0.3) is 0 Å². The van der Waals surface area contributed by atoms with Crippen LogP contribution in [0.15, 0.2) is 121 Å². The van der Waals surface area contributed by atoms with Gasteiger partial charge in [-0.15, -0.1) is 0 Å². The average Bonchev–Trinajstić information content (AvgIpc) is 3.31. The van der Waals surface area contributed by atoms with Crippen molar-refractivity contribution >= 4 is 29.7 Å². The van der Waals surface area contributed by atoms with Gasteiger partial charge in [0, 0.05) is 33.6 Å². The second kappa shape index (κ2) is 24.1. The van der Waals surface area contributed by atoms with Crippen molar-refractivity contribution in [2.45, 2.75) is 135 Å². The van der Waals surface area contributed by atoms with Gasteiger partial charge in [-0.2, -0.15) is 0 Å². The molecule has 4 aromatic rings.